The normalized spacial score (nSPS) is 29.0. The van der Waals surface area contributed by atoms with Crippen molar-refractivity contribution >= 4 is 17.2 Å². The monoisotopic (exact) mass is 220 g/mol. The van der Waals surface area contributed by atoms with Crippen LogP contribution in [0, 0.1) is 0 Å². The molecule has 0 aromatic carbocycles. The average molecular weight is 221 g/mol. The number of nitrogens with one attached hydrogen (secondary N) is 1. The van der Waals surface area contributed by atoms with Crippen molar-refractivity contribution in [2.24, 2.45) is 0 Å². The van der Waals surface area contributed by atoms with E-state index < -0.39 is 0 Å². The number of hydrogen-bond acceptors (Lipinski definition) is 2. The third-order valence-electron chi connectivity index (χ3n) is 3.20. The molecule has 2 unspecified atom stereocenters. The molecule has 2 aliphatic heterocycles. The fraction of sp³-hybridized carbons (Fsp3) is 0.417. The molecule has 15 heavy (non-hydrogen) atoms. The summed E-state index contributed by atoms with van der Waals surface area (Å²) in [6, 6.07) is 5.15. The summed E-state index contributed by atoms with van der Waals surface area (Å²) < 4.78 is 0. The van der Waals surface area contributed by atoms with Crippen molar-refractivity contribution in [1.29, 1.82) is 0 Å². The molecule has 2 aliphatic rings. The molecule has 1 N–H and O–H groups in total. The Morgan fingerprint density at radius 2 is 2.27 bits per heavy atom. The Hall–Kier alpha value is -0.860. The molecule has 2 atom stereocenters. The van der Waals surface area contributed by atoms with Crippen LogP contribution in [0.3, 0.4) is 0 Å². The summed E-state index contributed by atoms with van der Waals surface area (Å²) in [6.07, 6.45) is 7.70. The van der Waals surface area contributed by atoms with E-state index in [9.17, 15) is 0 Å². The Bertz CT molecular complexity index is 397. The first kappa shape index (κ1) is 9.37. The summed E-state index contributed by atoms with van der Waals surface area (Å²) in [5.41, 5.74) is 2.45. The second-order valence-corrected chi connectivity index (χ2v) is 4.74. The van der Waals surface area contributed by atoms with E-state index in [4.69, 9.17) is 11.6 Å². The number of fused-ring (bicyclic) bond motifs is 2. The Morgan fingerprint density at radius 3 is 3.00 bits per heavy atom. The number of aromatic nitrogens is 1. The maximum atomic E-state index is 5.83. The van der Waals surface area contributed by atoms with Crippen LogP contribution in [0.25, 0.3) is 5.57 Å². The second-order valence-electron chi connectivity index (χ2n) is 4.31. The van der Waals surface area contributed by atoms with Gasteiger partial charge in [-0.25, -0.2) is 0 Å². The zero-order valence-corrected chi connectivity index (χ0v) is 9.17. The summed E-state index contributed by atoms with van der Waals surface area (Å²) in [6.45, 7) is 0. The molecule has 2 nitrogen and oxygen atoms in total. The van der Waals surface area contributed by atoms with Gasteiger partial charge in [0.05, 0.1) is 10.7 Å². The van der Waals surface area contributed by atoms with Gasteiger partial charge in [-0.2, -0.15) is 0 Å². The summed E-state index contributed by atoms with van der Waals surface area (Å²) >= 11 is 5.83. The second kappa shape index (κ2) is 3.62. The highest BCUT2D eigenvalue weighted by atomic mass is 35.5. The highest BCUT2D eigenvalue weighted by molar-refractivity contribution is 6.30. The van der Waals surface area contributed by atoms with Crippen LogP contribution < -0.4 is 5.32 Å². The molecule has 3 rings (SSSR count). The zero-order valence-electron chi connectivity index (χ0n) is 8.41. The molecule has 1 aromatic heterocycles. The van der Waals surface area contributed by atoms with Gasteiger partial charge in [0, 0.05) is 18.3 Å². The molecule has 3 heteroatoms. The minimum Gasteiger partial charge on any atom is -0.307 e. The van der Waals surface area contributed by atoms with E-state index in [1.54, 1.807) is 6.20 Å². The molecule has 3 heterocycles. The van der Waals surface area contributed by atoms with Gasteiger partial charge in [-0.15, -0.1) is 0 Å². The van der Waals surface area contributed by atoms with E-state index in [-0.39, 0.29) is 0 Å². The molecule has 0 saturated carbocycles. The third-order valence-corrected chi connectivity index (χ3v) is 3.42. The first-order valence-electron chi connectivity index (χ1n) is 5.40. The summed E-state index contributed by atoms with van der Waals surface area (Å²) in [5, 5.41) is 4.28. The standard InChI is InChI=1S/C12H13ClN2/c13-9-1-4-12(14-7-9)8-5-10-2-3-11(6-8)15-10/h1,4-5,7,10-11,15H,2-3,6H2. The molecule has 0 amide bonds. The van der Waals surface area contributed by atoms with Crippen molar-refractivity contribution in [1.82, 2.24) is 10.3 Å². The topological polar surface area (TPSA) is 24.9 Å². The van der Waals surface area contributed by atoms with Crippen LogP contribution in [0.5, 0.6) is 0 Å². The number of hydrogen-bond donors (Lipinski definition) is 1. The van der Waals surface area contributed by atoms with Gasteiger partial charge >= 0.3 is 0 Å². The van der Waals surface area contributed by atoms with Crippen molar-refractivity contribution in [3.8, 4) is 0 Å². The number of halogens is 1. The molecule has 2 bridgehead atoms. The highest BCUT2D eigenvalue weighted by Gasteiger charge is 2.28. The molecular weight excluding hydrogens is 208 g/mol. The van der Waals surface area contributed by atoms with Crippen molar-refractivity contribution in [2.75, 3.05) is 0 Å². The molecule has 0 aliphatic carbocycles. The predicted octanol–water partition coefficient (Wildman–Crippen LogP) is 2.64. The Labute approximate surface area is 94.4 Å². The average Bonchev–Trinajstić information content (AvgIpc) is 2.59. The van der Waals surface area contributed by atoms with Crippen molar-refractivity contribution < 1.29 is 0 Å². The SMILES string of the molecule is Clc1ccc(C2=CC3CCC(C2)N3)nc1. The summed E-state index contributed by atoms with van der Waals surface area (Å²) in [7, 11) is 0. The third kappa shape index (κ3) is 1.80. The molecule has 1 saturated heterocycles. The lowest BCUT2D eigenvalue weighted by molar-refractivity contribution is 0.574. The fourth-order valence-corrected chi connectivity index (χ4v) is 2.59. The van der Waals surface area contributed by atoms with E-state index in [1.165, 1.54) is 18.4 Å². The van der Waals surface area contributed by atoms with Gasteiger partial charge in [-0.3, -0.25) is 4.98 Å². The van der Waals surface area contributed by atoms with Crippen LogP contribution in [0.4, 0.5) is 0 Å². The van der Waals surface area contributed by atoms with Crippen LogP contribution in [-0.2, 0) is 0 Å². The van der Waals surface area contributed by atoms with Crippen LogP contribution in [0.1, 0.15) is 25.0 Å². The van der Waals surface area contributed by atoms with Crippen molar-refractivity contribution in [3.63, 3.8) is 0 Å². The van der Waals surface area contributed by atoms with E-state index in [2.05, 4.69) is 16.4 Å². The largest absolute Gasteiger partial charge is 0.307 e. The van der Waals surface area contributed by atoms with Gasteiger partial charge in [0.2, 0.25) is 0 Å². The summed E-state index contributed by atoms with van der Waals surface area (Å²) in [4.78, 5) is 4.37. The quantitative estimate of drug-likeness (QED) is 0.787. The van der Waals surface area contributed by atoms with Gasteiger partial charge in [-0.05, 0) is 37.0 Å². The first-order chi connectivity index (χ1) is 7.31. The lowest BCUT2D eigenvalue weighted by Crippen LogP contribution is -2.32. The van der Waals surface area contributed by atoms with Crippen LogP contribution in [0.15, 0.2) is 24.4 Å². The lowest BCUT2D eigenvalue weighted by Gasteiger charge is -2.20. The molecule has 0 spiro atoms. The Morgan fingerprint density at radius 1 is 1.33 bits per heavy atom. The molecule has 1 fully saturated rings. The minimum atomic E-state index is 0.566. The van der Waals surface area contributed by atoms with E-state index in [0.717, 1.165) is 12.1 Å². The predicted molar refractivity (Wildman–Crippen MR) is 61.8 cm³/mol. The van der Waals surface area contributed by atoms with Crippen LogP contribution in [0.2, 0.25) is 5.02 Å². The Balaban J connectivity index is 1.91. The molecule has 1 aromatic rings. The van der Waals surface area contributed by atoms with E-state index in [0.29, 0.717) is 17.1 Å². The lowest BCUT2D eigenvalue weighted by atomic mass is 10.0. The van der Waals surface area contributed by atoms with Crippen molar-refractivity contribution in [3.05, 3.63) is 35.1 Å². The van der Waals surface area contributed by atoms with Crippen molar-refractivity contribution in [2.45, 2.75) is 31.3 Å². The van der Waals surface area contributed by atoms with Gasteiger partial charge in [0.15, 0.2) is 0 Å². The zero-order chi connectivity index (χ0) is 10.3. The number of rotatable bonds is 1. The number of nitrogens with zero attached hydrogens (tertiary/aromatic N) is 1. The minimum absolute atomic E-state index is 0.566. The summed E-state index contributed by atoms with van der Waals surface area (Å²) in [5.74, 6) is 0. The van der Waals surface area contributed by atoms with Gasteiger partial charge < -0.3 is 5.32 Å². The van der Waals surface area contributed by atoms with Gasteiger partial charge in [0.1, 0.15) is 0 Å². The fourth-order valence-electron chi connectivity index (χ4n) is 2.47. The maximum absolute atomic E-state index is 5.83. The smallest absolute Gasteiger partial charge is 0.0660 e. The van der Waals surface area contributed by atoms with E-state index >= 15 is 0 Å². The van der Waals surface area contributed by atoms with Crippen LogP contribution in [-0.4, -0.2) is 17.1 Å². The maximum Gasteiger partial charge on any atom is 0.0660 e. The van der Waals surface area contributed by atoms with E-state index in [1.807, 2.05) is 12.1 Å². The Kier molecular flexibility index (Phi) is 2.26. The van der Waals surface area contributed by atoms with Gasteiger partial charge in [0.25, 0.3) is 0 Å². The molecular formula is C12H13ClN2. The molecule has 78 valence electrons. The van der Waals surface area contributed by atoms with Gasteiger partial charge in [-0.1, -0.05) is 17.7 Å². The molecule has 0 radical (unpaired) electrons. The number of pyridine rings is 1. The first-order valence-corrected chi connectivity index (χ1v) is 5.78. The highest BCUT2D eigenvalue weighted by Crippen LogP contribution is 2.31. The van der Waals surface area contributed by atoms with Crippen LogP contribution >= 0.6 is 11.6 Å².